The SMILES string of the molecule is Cc1nn(COCC[Si](C)(C)C)c2ccc(C(N)=O)cc12. The lowest BCUT2D eigenvalue weighted by molar-refractivity contribution is 0.0815. The van der Waals surface area contributed by atoms with Crippen molar-refractivity contribution < 1.29 is 9.53 Å². The van der Waals surface area contributed by atoms with E-state index in [1.54, 1.807) is 12.1 Å². The molecule has 0 aliphatic carbocycles. The van der Waals surface area contributed by atoms with E-state index in [2.05, 4.69) is 24.7 Å². The average molecular weight is 305 g/mol. The Bertz CT molecular complexity index is 659. The van der Waals surface area contributed by atoms with Crippen LogP contribution in [0.2, 0.25) is 25.7 Å². The number of carbonyl (C=O) groups excluding carboxylic acids is 1. The number of carbonyl (C=O) groups is 1. The highest BCUT2D eigenvalue weighted by atomic mass is 28.3. The summed E-state index contributed by atoms with van der Waals surface area (Å²) in [7, 11) is -1.07. The lowest BCUT2D eigenvalue weighted by atomic mass is 10.1. The first kappa shape index (κ1) is 15.7. The Labute approximate surface area is 126 Å². The maximum absolute atomic E-state index is 11.2. The molecule has 1 heterocycles. The molecule has 1 aromatic carbocycles. The number of aryl methyl sites for hydroxylation is 1. The summed E-state index contributed by atoms with van der Waals surface area (Å²) in [6, 6.07) is 6.53. The molecule has 1 aromatic heterocycles. The zero-order valence-corrected chi connectivity index (χ0v) is 14.1. The molecule has 0 aliphatic rings. The zero-order chi connectivity index (χ0) is 15.6. The van der Waals surface area contributed by atoms with Gasteiger partial charge in [0.05, 0.1) is 11.2 Å². The van der Waals surface area contributed by atoms with Crippen LogP contribution in [0.3, 0.4) is 0 Å². The van der Waals surface area contributed by atoms with Crippen LogP contribution in [0, 0.1) is 6.92 Å². The fourth-order valence-electron chi connectivity index (χ4n) is 2.12. The lowest BCUT2D eigenvalue weighted by Gasteiger charge is -2.15. The number of benzene rings is 1. The first-order valence-corrected chi connectivity index (χ1v) is 10.8. The van der Waals surface area contributed by atoms with Crippen molar-refractivity contribution in [1.29, 1.82) is 0 Å². The van der Waals surface area contributed by atoms with Gasteiger partial charge in [0.25, 0.3) is 0 Å². The fraction of sp³-hybridized carbons (Fsp3) is 0.467. The second-order valence-corrected chi connectivity index (χ2v) is 12.2. The highest BCUT2D eigenvalue weighted by Crippen LogP contribution is 2.20. The second-order valence-electron chi connectivity index (χ2n) is 6.53. The summed E-state index contributed by atoms with van der Waals surface area (Å²) in [5.41, 5.74) is 7.66. The number of amides is 1. The largest absolute Gasteiger partial charge is 0.366 e. The van der Waals surface area contributed by atoms with E-state index in [-0.39, 0.29) is 0 Å². The minimum absolute atomic E-state index is 0.421. The Balaban J connectivity index is 2.12. The molecule has 21 heavy (non-hydrogen) atoms. The summed E-state index contributed by atoms with van der Waals surface area (Å²) >= 11 is 0. The predicted octanol–water partition coefficient (Wildman–Crippen LogP) is 2.76. The van der Waals surface area contributed by atoms with Gasteiger partial charge in [-0.2, -0.15) is 5.10 Å². The van der Waals surface area contributed by atoms with Crippen LogP contribution in [0.4, 0.5) is 0 Å². The number of rotatable bonds is 6. The number of ether oxygens (including phenoxy) is 1. The Kier molecular flexibility index (Phi) is 4.48. The Hall–Kier alpha value is -1.66. The smallest absolute Gasteiger partial charge is 0.248 e. The highest BCUT2D eigenvalue weighted by molar-refractivity contribution is 6.76. The van der Waals surface area contributed by atoms with Crippen LogP contribution >= 0.6 is 0 Å². The van der Waals surface area contributed by atoms with E-state index in [0.29, 0.717) is 12.3 Å². The molecule has 0 spiro atoms. The summed E-state index contributed by atoms with van der Waals surface area (Å²) in [5, 5.41) is 5.42. The van der Waals surface area contributed by atoms with Gasteiger partial charge in [-0.1, -0.05) is 19.6 Å². The van der Waals surface area contributed by atoms with Gasteiger partial charge in [0.1, 0.15) is 6.73 Å². The first-order valence-electron chi connectivity index (χ1n) is 7.13. The van der Waals surface area contributed by atoms with Gasteiger partial charge in [-0.15, -0.1) is 0 Å². The van der Waals surface area contributed by atoms with Crippen molar-refractivity contribution in [2.45, 2.75) is 39.3 Å². The molecule has 0 bridgehead atoms. The van der Waals surface area contributed by atoms with Crippen LogP contribution in [-0.2, 0) is 11.5 Å². The van der Waals surface area contributed by atoms with Gasteiger partial charge in [0.2, 0.25) is 5.91 Å². The predicted molar refractivity (Wildman–Crippen MR) is 87.1 cm³/mol. The highest BCUT2D eigenvalue weighted by Gasteiger charge is 2.13. The van der Waals surface area contributed by atoms with Crippen molar-refractivity contribution in [3.8, 4) is 0 Å². The number of fused-ring (bicyclic) bond motifs is 1. The van der Waals surface area contributed by atoms with E-state index in [1.165, 1.54) is 0 Å². The Morgan fingerprint density at radius 2 is 2.10 bits per heavy atom. The number of hydrogen-bond donors (Lipinski definition) is 1. The molecule has 2 rings (SSSR count). The van der Waals surface area contributed by atoms with Gasteiger partial charge < -0.3 is 10.5 Å². The molecule has 2 aromatic rings. The molecule has 0 unspecified atom stereocenters. The maximum atomic E-state index is 11.2. The number of primary amides is 1. The zero-order valence-electron chi connectivity index (χ0n) is 13.1. The fourth-order valence-corrected chi connectivity index (χ4v) is 2.88. The molecule has 0 atom stereocenters. The van der Waals surface area contributed by atoms with Gasteiger partial charge in [0.15, 0.2) is 0 Å². The third kappa shape index (κ3) is 3.92. The third-order valence-electron chi connectivity index (χ3n) is 3.43. The monoisotopic (exact) mass is 305 g/mol. The molecule has 5 nitrogen and oxygen atoms in total. The standard InChI is InChI=1S/C15H23N3O2Si/c1-11-13-9-12(15(16)19)5-6-14(13)18(17-11)10-20-7-8-21(2,3)4/h5-6,9H,7-8,10H2,1-4H3,(H2,16,19). The van der Waals surface area contributed by atoms with E-state index >= 15 is 0 Å². The lowest BCUT2D eigenvalue weighted by Crippen LogP contribution is -2.22. The van der Waals surface area contributed by atoms with Crippen molar-refractivity contribution in [1.82, 2.24) is 9.78 Å². The van der Waals surface area contributed by atoms with Crippen LogP contribution in [0.25, 0.3) is 10.9 Å². The van der Waals surface area contributed by atoms with Crippen molar-refractivity contribution >= 4 is 24.9 Å². The number of nitrogens with two attached hydrogens (primary N) is 1. The maximum Gasteiger partial charge on any atom is 0.248 e. The van der Waals surface area contributed by atoms with Gasteiger partial charge in [-0.3, -0.25) is 4.79 Å². The van der Waals surface area contributed by atoms with Gasteiger partial charge in [0, 0.05) is 25.6 Å². The molecule has 114 valence electrons. The Morgan fingerprint density at radius 3 is 2.71 bits per heavy atom. The number of nitrogens with zero attached hydrogens (tertiary/aromatic N) is 2. The quantitative estimate of drug-likeness (QED) is 0.659. The molecular weight excluding hydrogens is 282 g/mol. The molecular formula is C15H23N3O2Si. The molecule has 0 saturated heterocycles. The van der Waals surface area contributed by atoms with Crippen LogP contribution in [0.15, 0.2) is 18.2 Å². The van der Waals surface area contributed by atoms with E-state index < -0.39 is 14.0 Å². The van der Waals surface area contributed by atoms with E-state index in [9.17, 15) is 4.79 Å². The van der Waals surface area contributed by atoms with Crippen LogP contribution in [-0.4, -0.2) is 30.4 Å². The molecule has 0 aliphatic heterocycles. The minimum atomic E-state index is -1.07. The van der Waals surface area contributed by atoms with Crippen molar-refractivity contribution in [2.75, 3.05) is 6.61 Å². The van der Waals surface area contributed by atoms with E-state index in [1.807, 2.05) is 17.7 Å². The summed E-state index contributed by atoms with van der Waals surface area (Å²) in [5.74, 6) is -0.421. The van der Waals surface area contributed by atoms with E-state index in [4.69, 9.17) is 10.5 Å². The van der Waals surface area contributed by atoms with Gasteiger partial charge in [-0.05, 0) is 31.2 Å². The van der Waals surface area contributed by atoms with E-state index in [0.717, 1.165) is 29.2 Å². The Morgan fingerprint density at radius 1 is 1.38 bits per heavy atom. The summed E-state index contributed by atoms with van der Waals surface area (Å²) in [6.07, 6.45) is 0. The molecule has 2 N–H and O–H groups in total. The summed E-state index contributed by atoms with van der Waals surface area (Å²) in [4.78, 5) is 11.2. The number of hydrogen-bond acceptors (Lipinski definition) is 3. The average Bonchev–Trinajstić information content (AvgIpc) is 2.70. The second kappa shape index (κ2) is 5.99. The van der Waals surface area contributed by atoms with Crippen molar-refractivity contribution in [3.05, 3.63) is 29.5 Å². The molecule has 0 radical (unpaired) electrons. The molecule has 1 amide bonds. The minimum Gasteiger partial charge on any atom is -0.366 e. The summed E-state index contributed by atoms with van der Waals surface area (Å²) < 4.78 is 7.57. The third-order valence-corrected chi connectivity index (χ3v) is 5.13. The summed E-state index contributed by atoms with van der Waals surface area (Å²) in [6.45, 7) is 10.1. The molecule has 6 heteroatoms. The van der Waals surface area contributed by atoms with Gasteiger partial charge in [-0.25, -0.2) is 4.68 Å². The van der Waals surface area contributed by atoms with Crippen molar-refractivity contribution in [2.24, 2.45) is 5.73 Å². The topological polar surface area (TPSA) is 70.1 Å². The molecule has 0 saturated carbocycles. The van der Waals surface area contributed by atoms with Crippen LogP contribution in [0.5, 0.6) is 0 Å². The van der Waals surface area contributed by atoms with Crippen LogP contribution < -0.4 is 5.73 Å². The van der Waals surface area contributed by atoms with Gasteiger partial charge >= 0.3 is 0 Å². The molecule has 0 fully saturated rings. The normalized spacial score (nSPS) is 12.0. The van der Waals surface area contributed by atoms with Crippen molar-refractivity contribution in [3.63, 3.8) is 0 Å². The number of aromatic nitrogens is 2. The first-order chi connectivity index (χ1) is 9.78. The van der Waals surface area contributed by atoms with Crippen LogP contribution in [0.1, 0.15) is 16.1 Å².